The minimum Gasteiger partial charge on any atom is -0.489 e. The molecule has 1 aromatic rings. The van der Waals surface area contributed by atoms with Crippen LogP contribution in [-0.2, 0) is 4.79 Å². The fraction of sp³-hybridized carbons (Fsp3) is 0.611. The topological polar surface area (TPSA) is 50.4 Å². The Morgan fingerprint density at radius 1 is 1.35 bits per heavy atom. The highest BCUT2D eigenvalue weighted by atomic mass is 35.5. The van der Waals surface area contributed by atoms with Gasteiger partial charge in [-0.15, -0.1) is 12.4 Å². The Bertz CT molecular complexity index is 476. The molecule has 0 bridgehead atoms. The number of benzene rings is 1. The summed E-state index contributed by atoms with van der Waals surface area (Å²) in [5.74, 6) is 1.73. The van der Waals surface area contributed by atoms with Gasteiger partial charge < -0.3 is 15.4 Å². The van der Waals surface area contributed by atoms with Gasteiger partial charge in [-0.2, -0.15) is 0 Å². The molecule has 1 heterocycles. The van der Waals surface area contributed by atoms with Gasteiger partial charge in [0.15, 0.2) is 0 Å². The van der Waals surface area contributed by atoms with E-state index in [2.05, 4.69) is 10.6 Å². The minimum atomic E-state index is -0.0241. The highest BCUT2D eigenvalue weighted by molar-refractivity contribution is 5.85. The van der Waals surface area contributed by atoms with Crippen LogP contribution in [0.15, 0.2) is 24.3 Å². The SMILES string of the molecule is Cc1ccccc1OC(C)CNC(=O)CCC1CCNCC1.Cl. The van der Waals surface area contributed by atoms with Crippen molar-refractivity contribution in [2.24, 2.45) is 5.92 Å². The van der Waals surface area contributed by atoms with Gasteiger partial charge in [-0.1, -0.05) is 18.2 Å². The van der Waals surface area contributed by atoms with E-state index in [0.29, 0.717) is 18.9 Å². The van der Waals surface area contributed by atoms with Crippen molar-refractivity contribution in [3.63, 3.8) is 0 Å². The number of aryl methyl sites for hydroxylation is 1. The summed E-state index contributed by atoms with van der Waals surface area (Å²) in [6.07, 6.45) is 3.99. The van der Waals surface area contributed by atoms with E-state index in [9.17, 15) is 4.79 Å². The molecule has 4 nitrogen and oxygen atoms in total. The normalized spacial score (nSPS) is 16.3. The average molecular weight is 341 g/mol. The lowest BCUT2D eigenvalue weighted by Gasteiger charge is -2.22. The van der Waals surface area contributed by atoms with E-state index >= 15 is 0 Å². The molecule has 2 rings (SSSR count). The summed E-state index contributed by atoms with van der Waals surface area (Å²) in [6, 6.07) is 7.95. The van der Waals surface area contributed by atoms with E-state index in [0.717, 1.165) is 30.8 Å². The van der Waals surface area contributed by atoms with Gasteiger partial charge >= 0.3 is 0 Å². The molecular formula is C18H29ClN2O2. The predicted molar refractivity (Wildman–Crippen MR) is 96.4 cm³/mol. The first kappa shape index (κ1) is 19.8. The summed E-state index contributed by atoms with van der Waals surface area (Å²) in [7, 11) is 0. The maximum atomic E-state index is 11.9. The summed E-state index contributed by atoms with van der Waals surface area (Å²) < 4.78 is 5.87. The van der Waals surface area contributed by atoms with Crippen LogP contribution in [0, 0.1) is 12.8 Å². The van der Waals surface area contributed by atoms with Gasteiger partial charge in [-0.05, 0) is 63.7 Å². The number of amides is 1. The van der Waals surface area contributed by atoms with Crippen molar-refractivity contribution in [3.8, 4) is 5.75 Å². The molecule has 1 aliphatic heterocycles. The van der Waals surface area contributed by atoms with E-state index in [-0.39, 0.29) is 24.4 Å². The summed E-state index contributed by atoms with van der Waals surface area (Å²) >= 11 is 0. The number of carbonyl (C=O) groups excluding carboxylic acids is 1. The molecule has 0 aliphatic carbocycles. The Morgan fingerprint density at radius 3 is 2.74 bits per heavy atom. The van der Waals surface area contributed by atoms with Crippen molar-refractivity contribution in [2.75, 3.05) is 19.6 Å². The number of halogens is 1. The molecule has 5 heteroatoms. The van der Waals surface area contributed by atoms with Crippen LogP contribution < -0.4 is 15.4 Å². The van der Waals surface area contributed by atoms with Crippen molar-refractivity contribution in [1.82, 2.24) is 10.6 Å². The summed E-state index contributed by atoms with van der Waals surface area (Å²) in [6.45, 7) is 6.75. The minimum absolute atomic E-state index is 0. The molecule has 0 saturated carbocycles. The lowest BCUT2D eigenvalue weighted by molar-refractivity contribution is -0.121. The lowest BCUT2D eigenvalue weighted by atomic mass is 9.93. The zero-order chi connectivity index (χ0) is 15.8. The number of hydrogen-bond acceptors (Lipinski definition) is 3. The second-order valence-corrected chi connectivity index (χ2v) is 6.23. The van der Waals surface area contributed by atoms with E-state index in [4.69, 9.17) is 4.74 Å². The highest BCUT2D eigenvalue weighted by Crippen LogP contribution is 2.18. The molecule has 1 amide bonds. The maximum absolute atomic E-state index is 11.9. The van der Waals surface area contributed by atoms with E-state index < -0.39 is 0 Å². The third-order valence-electron chi connectivity index (χ3n) is 4.25. The van der Waals surface area contributed by atoms with Crippen LogP contribution in [-0.4, -0.2) is 31.6 Å². The zero-order valence-corrected chi connectivity index (χ0v) is 15.0. The Hall–Kier alpha value is -1.26. The molecule has 23 heavy (non-hydrogen) atoms. The van der Waals surface area contributed by atoms with Crippen LogP contribution in [0.2, 0.25) is 0 Å². The fourth-order valence-electron chi connectivity index (χ4n) is 2.80. The summed E-state index contributed by atoms with van der Waals surface area (Å²) in [5, 5.41) is 6.34. The Balaban J connectivity index is 0.00000264. The first-order valence-electron chi connectivity index (χ1n) is 8.35. The van der Waals surface area contributed by atoms with Crippen molar-refractivity contribution in [3.05, 3.63) is 29.8 Å². The van der Waals surface area contributed by atoms with Crippen LogP contribution in [0.3, 0.4) is 0 Å². The Morgan fingerprint density at radius 2 is 2.04 bits per heavy atom. The molecule has 1 fully saturated rings. The zero-order valence-electron chi connectivity index (χ0n) is 14.1. The van der Waals surface area contributed by atoms with Crippen LogP contribution in [0.1, 0.15) is 38.2 Å². The summed E-state index contributed by atoms with van der Waals surface area (Å²) in [4.78, 5) is 11.9. The highest BCUT2D eigenvalue weighted by Gasteiger charge is 2.15. The van der Waals surface area contributed by atoms with Gasteiger partial charge in [0, 0.05) is 6.42 Å². The largest absolute Gasteiger partial charge is 0.489 e. The van der Waals surface area contributed by atoms with Crippen LogP contribution in [0.25, 0.3) is 0 Å². The first-order chi connectivity index (χ1) is 10.6. The smallest absolute Gasteiger partial charge is 0.220 e. The van der Waals surface area contributed by atoms with E-state index in [1.54, 1.807) is 0 Å². The Labute approximate surface area is 145 Å². The number of nitrogens with one attached hydrogen (secondary N) is 2. The third-order valence-corrected chi connectivity index (χ3v) is 4.25. The first-order valence-corrected chi connectivity index (χ1v) is 8.35. The molecule has 1 saturated heterocycles. The fourth-order valence-corrected chi connectivity index (χ4v) is 2.80. The molecule has 1 aromatic carbocycles. The number of hydrogen-bond donors (Lipinski definition) is 2. The number of piperidine rings is 1. The summed E-state index contributed by atoms with van der Waals surface area (Å²) in [5.41, 5.74) is 1.12. The average Bonchev–Trinajstić information content (AvgIpc) is 2.54. The number of para-hydroxylation sites is 1. The van der Waals surface area contributed by atoms with Gasteiger partial charge in [-0.3, -0.25) is 4.79 Å². The number of ether oxygens (including phenoxy) is 1. The van der Waals surface area contributed by atoms with E-state index in [1.807, 2.05) is 38.1 Å². The van der Waals surface area contributed by atoms with Gasteiger partial charge in [0.1, 0.15) is 11.9 Å². The van der Waals surface area contributed by atoms with Crippen molar-refractivity contribution < 1.29 is 9.53 Å². The quantitative estimate of drug-likeness (QED) is 0.802. The third kappa shape index (κ3) is 7.23. The van der Waals surface area contributed by atoms with Crippen LogP contribution >= 0.6 is 12.4 Å². The van der Waals surface area contributed by atoms with Crippen molar-refractivity contribution in [1.29, 1.82) is 0 Å². The molecule has 1 atom stereocenters. The van der Waals surface area contributed by atoms with Gasteiger partial charge in [0.2, 0.25) is 5.91 Å². The van der Waals surface area contributed by atoms with Gasteiger partial charge in [0.05, 0.1) is 6.54 Å². The molecule has 0 spiro atoms. The molecule has 2 N–H and O–H groups in total. The molecule has 130 valence electrons. The molecule has 0 aromatic heterocycles. The van der Waals surface area contributed by atoms with E-state index in [1.165, 1.54) is 12.8 Å². The lowest BCUT2D eigenvalue weighted by Crippen LogP contribution is -2.34. The second-order valence-electron chi connectivity index (χ2n) is 6.23. The predicted octanol–water partition coefficient (Wildman–Crippen LogP) is 3.08. The van der Waals surface area contributed by atoms with Crippen LogP contribution in [0.4, 0.5) is 0 Å². The second kappa shape index (κ2) is 10.5. The van der Waals surface area contributed by atoms with Crippen molar-refractivity contribution >= 4 is 18.3 Å². The Kier molecular flexibility index (Phi) is 9.03. The maximum Gasteiger partial charge on any atom is 0.220 e. The molecule has 0 radical (unpaired) electrons. The standard InChI is InChI=1S/C18H28N2O2.ClH/c1-14-5-3-4-6-17(14)22-15(2)13-20-18(21)8-7-16-9-11-19-12-10-16;/h3-6,15-16,19H,7-13H2,1-2H3,(H,20,21);1H. The molecular weight excluding hydrogens is 312 g/mol. The molecule has 1 unspecified atom stereocenters. The van der Waals surface area contributed by atoms with Crippen LogP contribution in [0.5, 0.6) is 5.75 Å². The number of rotatable bonds is 7. The molecule has 1 aliphatic rings. The van der Waals surface area contributed by atoms with Gasteiger partial charge in [-0.25, -0.2) is 0 Å². The van der Waals surface area contributed by atoms with Gasteiger partial charge in [0.25, 0.3) is 0 Å². The van der Waals surface area contributed by atoms with Crippen molar-refractivity contribution in [2.45, 2.75) is 45.6 Å². The monoisotopic (exact) mass is 340 g/mol. The number of carbonyl (C=O) groups is 1.